The molecule has 1 rings (SSSR count). The van der Waals surface area contributed by atoms with Gasteiger partial charge in [0.1, 0.15) is 0 Å². The molecule has 0 atom stereocenters. The minimum atomic E-state index is -2.54. The molecule has 14 heavy (non-hydrogen) atoms. The maximum atomic E-state index is 12.9. The molecule has 0 N–H and O–H groups in total. The standard InChI is InChI=1S/C11H13ClF2/c1-2-11(13,14)8-7-9-3-5-10(12)6-4-9/h3-6H,2,7-8H2,1H3. The van der Waals surface area contributed by atoms with Crippen LogP contribution in [0.1, 0.15) is 25.3 Å². The highest BCUT2D eigenvalue weighted by Gasteiger charge is 2.25. The van der Waals surface area contributed by atoms with Crippen molar-refractivity contribution in [3.63, 3.8) is 0 Å². The van der Waals surface area contributed by atoms with Crippen LogP contribution in [0.5, 0.6) is 0 Å². The zero-order valence-corrected chi connectivity index (χ0v) is 8.82. The van der Waals surface area contributed by atoms with Gasteiger partial charge < -0.3 is 0 Å². The second-order valence-electron chi connectivity index (χ2n) is 3.34. The number of hydrogen-bond acceptors (Lipinski definition) is 0. The van der Waals surface area contributed by atoms with E-state index in [-0.39, 0.29) is 12.8 Å². The molecule has 0 aromatic heterocycles. The van der Waals surface area contributed by atoms with Crippen molar-refractivity contribution < 1.29 is 8.78 Å². The molecule has 0 spiro atoms. The third-order valence-electron chi connectivity index (χ3n) is 2.21. The van der Waals surface area contributed by atoms with Crippen LogP contribution < -0.4 is 0 Å². The molecule has 0 saturated carbocycles. The molecule has 0 amide bonds. The quantitative estimate of drug-likeness (QED) is 0.706. The van der Waals surface area contributed by atoms with Gasteiger partial charge >= 0.3 is 0 Å². The van der Waals surface area contributed by atoms with Gasteiger partial charge in [0.25, 0.3) is 0 Å². The molecule has 3 heteroatoms. The first-order chi connectivity index (χ1) is 6.53. The Balaban J connectivity index is 2.50. The van der Waals surface area contributed by atoms with E-state index in [0.29, 0.717) is 11.4 Å². The van der Waals surface area contributed by atoms with Crippen LogP contribution >= 0.6 is 11.6 Å². The largest absolute Gasteiger partial charge is 0.248 e. The van der Waals surface area contributed by atoms with Crippen LogP contribution in [0.2, 0.25) is 5.02 Å². The molecular formula is C11H13ClF2. The van der Waals surface area contributed by atoms with Gasteiger partial charge in [-0.05, 0) is 24.1 Å². The molecular weight excluding hydrogens is 206 g/mol. The number of benzene rings is 1. The van der Waals surface area contributed by atoms with E-state index in [9.17, 15) is 8.78 Å². The normalized spacial score (nSPS) is 11.7. The summed E-state index contributed by atoms with van der Waals surface area (Å²) in [5.74, 6) is -2.54. The Labute approximate surface area is 87.9 Å². The van der Waals surface area contributed by atoms with Crippen molar-refractivity contribution in [3.8, 4) is 0 Å². The fourth-order valence-corrected chi connectivity index (χ4v) is 1.28. The van der Waals surface area contributed by atoms with E-state index in [1.807, 2.05) is 0 Å². The zero-order valence-electron chi connectivity index (χ0n) is 8.06. The highest BCUT2D eigenvalue weighted by atomic mass is 35.5. The maximum Gasteiger partial charge on any atom is 0.248 e. The minimum Gasteiger partial charge on any atom is -0.207 e. The molecule has 1 aromatic carbocycles. The van der Waals surface area contributed by atoms with Crippen molar-refractivity contribution in [1.29, 1.82) is 0 Å². The number of halogens is 3. The number of rotatable bonds is 4. The van der Waals surface area contributed by atoms with Crippen molar-refractivity contribution in [3.05, 3.63) is 34.9 Å². The first-order valence-electron chi connectivity index (χ1n) is 4.66. The summed E-state index contributed by atoms with van der Waals surface area (Å²) in [4.78, 5) is 0. The summed E-state index contributed by atoms with van der Waals surface area (Å²) in [5, 5.41) is 0.635. The molecule has 0 radical (unpaired) electrons. The van der Waals surface area contributed by atoms with Gasteiger partial charge in [0, 0.05) is 17.9 Å². The molecule has 0 saturated heterocycles. The fourth-order valence-electron chi connectivity index (χ4n) is 1.16. The summed E-state index contributed by atoms with van der Waals surface area (Å²) in [6.45, 7) is 1.50. The summed E-state index contributed by atoms with van der Waals surface area (Å²) in [5.41, 5.74) is 0.905. The molecule has 0 heterocycles. The first kappa shape index (κ1) is 11.4. The lowest BCUT2D eigenvalue weighted by atomic mass is 10.1. The van der Waals surface area contributed by atoms with E-state index in [2.05, 4.69) is 0 Å². The fraction of sp³-hybridized carbons (Fsp3) is 0.455. The van der Waals surface area contributed by atoms with E-state index in [1.165, 1.54) is 6.92 Å². The van der Waals surface area contributed by atoms with Gasteiger partial charge in [-0.1, -0.05) is 30.7 Å². The molecule has 78 valence electrons. The van der Waals surface area contributed by atoms with E-state index in [1.54, 1.807) is 24.3 Å². The van der Waals surface area contributed by atoms with E-state index in [0.717, 1.165) is 5.56 Å². The predicted octanol–water partition coefficient (Wildman–Crippen LogP) is 4.32. The van der Waals surface area contributed by atoms with E-state index < -0.39 is 5.92 Å². The third-order valence-corrected chi connectivity index (χ3v) is 2.46. The van der Waals surface area contributed by atoms with Crippen LogP contribution in [-0.2, 0) is 6.42 Å². The van der Waals surface area contributed by atoms with Crippen LogP contribution in [0.3, 0.4) is 0 Å². The zero-order chi connectivity index (χ0) is 10.6. The second kappa shape index (κ2) is 4.74. The van der Waals surface area contributed by atoms with Gasteiger partial charge in [0.05, 0.1) is 0 Å². The average Bonchev–Trinajstić information content (AvgIpc) is 2.17. The minimum absolute atomic E-state index is 0.0921. The van der Waals surface area contributed by atoms with Crippen LogP contribution in [0, 0.1) is 0 Å². The summed E-state index contributed by atoms with van der Waals surface area (Å²) in [6.07, 6.45) is 0.212. The molecule has 0 fully saturated rings. The van der Waals surface area contributed by atoms with Gasteiger partial charge in [-0.2, -0.15) is 0 Å². The van der Waals surface area contributed by atoms with Gasteiger partial charge in [-0.15, -0.1) is 0 Å². The van der Waals surface area contributed by atoms with Crippen LogP contribution in [-0.4, -0.2) is 5.92 Å². The Morgan fingerprint density at radius 3 is 2.29 bits per heavy atom. The molecule has 0 aliphatic rings. The molecule has 1 aromatic rings. The average molecular weight is 219 g/mol. The summed E-state index contributed by atoms with van der Waals surface area (Å²) in [6, 6.07) is 7.02. The first-order valence-corrected chi connectivity index (χ1v) is 5.03. The Morgan fingerprint density at radius 1 is 1.21 bits per heavy atom. The number of hydrogen-bond donors (Lipinski definition) is 0. The van der Waals surface area contributed by atoms with Crippen molar-refractivity contribution in [2.24, 2.45) is 0 Å². The lowest BCUT2D eigenvalue weighted by Gasteiger charge is -2.13. The van der Waals surface area contributed by atoms with Gasteiger partial charge in [-0.3, -0.25) is 0 Å². The number of alkyl halides is 2. The smallest absolute Gasteiger partial charge is 0.207 e. The Bertz CT molecular complexity index is 280. The Kier molecular flexibility index (Phi) is 3.87. The topological polar surface area (TPSA) is 0 Å². The van der Waals surface area contributed by atoms with Gasteiger partial charge in [-0.25, -0.2) is 8.78 Å². The van der Waals surface area contributed by atoms with Crippen molar-refractivity contribution in [2.45, 2.75) is 32.1 Å². The van der Waals surface area contributed by atoms with Crippen LogP contribution in [0.25, 0.3) is 0 Å². The van der Waals surface area contributed by atoms with E-state index >= 15 is 0 Å². The molecule has 0 nitrogen and oxygen atoms in total. The summed E-state index contributed by atoms with van der Waals surface area (Å²) in [7, 11) is 0. The van der Waals surface area contributed by atoms with Crippen LogP contribution in [0.4, 0.5) is 8.78 Å². The summed E-state index contributed by atoms with van der Waals surface area (Å²) < 4.78 is 25.8. The summed E-state index contributed by atoms with van der Waals surface area (Å²) >= 11 is 5.68. The van der Waals surface area contributed by atoms with Gasteiger partial charge in [0.2, 0.25) is 5.92 Å². The van der Waals surface area contributed by atoms with Crippen molar-refractivity contribution in [2.75, 3.05) is 0 Å². The Morgan fingerprint density at radius 2 is 1.79 bits per heavy atom. The molecule has 0 aliphatic carbocycles. The lowest BCUT2D eigenvalue weighted by molar-refractivity contribution is -0.0110. The lowest BCUT2D eigenvalue weighted by Crippen LogP contribution is -2.15. The highest BCUT2D eigenvalue weighted by Crippen LogP contribution is 2.24. The monoisotopic (exact) mass is 218 g/mol. The molecule has 0 unspecified atom stereocenters. The molecule has 0 aliphatic heterocycles. The highest BCUT2D eigenvalue weighted by molar-refractivity contribution is 6.30. The predicted molar refractivity (Wildman–Crippen MR) is 55.0 cm³/mol. The van der Waals surface area contributed by atoms with E-state index in [4.69, 9.17) is 11.6 Å². The number of aryl methyl sites for hydroxylation is 1. The van der Waals surface area contributed by atoms with Crippen LogP contribution in [0.15, 0.2) is 24.3 Å². The SMILES string of the molecule is CCC(F)(F)CCc1ccc(Cl)cc1. The van der Waals surface area contributed by atoms with Crippen molar-refractivity contribution in [1.82, 2.24) is 0 Å². The van der Waals surface area contributed by atoms with Gasteiger partial charge in [0.15, 0.2) is 0 Å². The maximum absolute atomic E-state index is 12.9. The molecule has 0 bridgehead atoms. The third kappa shape index (κ3) is 3.62. The Hall–Kier alpha value is -0.630. The second-order valence-corrected chi connectivity index (χ2v) is 3.77. The van der Waals surface area contributed by atoms with Crippen molar-refractivity contribution >= 4 is 11.6 Å².